The third kappa shape index (κ3) is 3.22. The number of H-pyrrole nitrogens is 1. The fourth-order valence-corrected chi connectivity index (χ4v) is 3.91. The minimum atomic E-state index is 0.255. The lowest BCUT2D eigenvalue weighted by molar-refractivity contribution is -0.133. The van der Waals surface area contributed by atoms with E-state index in [1.54, 1.807) is 6.20 Å². The van der Waals surface area contributed by atoms with Crippen molar-refractivity contribution in [3.8, 4) is 0 Å². The lowest BCUT2D eigenvalue weighted by Crippen LogP contribution is -2.45. The lowest BCUT2D eigenvalue weighted by Gasteiger charge is -2.34. The molecule has 1 aromatic carbocycles. The SMILES string of the molecule is O=C(CN1CCc2ccccc2C1)N1CCCC(c2ncc[nH]2)C1. The Morgan fingerprint density at radius 3 is 2.96 bits per heavy atom. The summed E-state index contributed by atoms with van der Waals surface area (Å²) in [5.74, 6) is 1.62. The van der Waals surface area contributed by atoms with Gasteiger partial charge in [0.25, 0.3) is 0 Å². The van der Waals surface area contributed by atoms with E-state index in [1.165, 1.54) is 11.1 Å². The Balaban J connectivity index is 1.36. The number of amides is 1. The van der Waals surface area contributed by atoms with Crippen LogP contribution >= 0.6 is 0 Å². The van der Waals surface area contributed by atoms with Gasteiger partial charge in [0.15, 0.2) is 0 Å². The maximum atomic E-state index is 12.7. The van der Waals surface area contributed by atoms with Gasteiger partial charge in [0.1, 0.15) is 5.82 Å². The first-order valence-electron chi connectivity index (χ1n) is 8.86. The van der Waals surface area contributed by atoms with Crippen LogP contribution in [0.25, 0.3) is 0 Å². The predicted molar refractivity (Wildman–Crippen MR) is 92.6 cm³/mol. The van der Waals surface area contributed by atoms with Gasteiger partial charge in [-0.1, -0.05) is 24.3 Å². The summed E-state index contributed by atoms with van der Waals surface area (Å²) in [4.78, 5) is 24.6. The maximum Gasteiger partial charge on any atom is 0.236 e. The molecule has 1 N–H and O–H groups in total. The highest BCUT2D eigenvalue weighted by molar-refractivity contribution is 5.78. The fourth-order valence-electron chi connectivity index (χ4n) is 3.91. The molecular formula is C19H24N4O. The molecule has 24 heavy (non-hydrogen) atoms. The molecule has 0 spiro atoms. The number of rotatable bonds is 3. The summed E-state index contributed by atoms with van der Waals surface area (Å²) < 4.78 is 0. The minimum absolute atomic E-state index is 0.255. The predicted octanol–water partition coefficient (Wildman–Crippen LogP) is 2.17. The smallest absolute Gasteiger partial charge is 0.236 e. The first-order valence-corrected chi connectivity index (χ1v) is 8.86. The highest BCUT2D eigenvalue weighted by Crippen LogP contribution is 2.25. The number of benzene rings is 1. The summed E-state index contributed by atoms with van der Waals surface area (Å²) in [6.07, 6.45) is 6.86. The molecule has 0 saturated carbocycles. The van der Waals surface area contributed by atoms with E-state index >= 15 is 0 Å². The van der Waals surface area contributed by atoms with Crippen molar-refractivity contribution in [2.24, 2.45) is 0 Å². The van der Waals surface area contributed by atoms with Crippen molar-refractivity contribution in [2.75, 3.05) is 26.2 Å². The van der Waals surface area contributed by atoms with E-state index < -0.39 is 0 Å². The molecule has 126 valence electrons. The van der Waals surface area contributed by atoms with Gasteiger partial charge < -0.3 is 9.88 Å². The minimum Gasteiger partial charge on any atom is -0.348 e. The molecule has 2 aromatic rings. The molecule has 0 bridgehead atoms. The third-order valence-electron chi connectivity index (χ3n) is 5.25. The van der Waals surface area contributed by atoms with Crippen LogP contribution in [0, 0.1) is 0 Å². The van der Waals surface area contributed by atoms with Gasteiger partial charge in [0.05, 0.1) is 6.54 Å². The Labute approximate surface area is 142 Å². The molecule has 3 heterocycles. The van der Waals surface area contributed by atoms with E-state index in [0.717, 1.165) is 51.3 Å². The van der Waals surface area contributed by atoms with Gasteiger partial charge in [-0.15, -0.1) is 0 Å². The van der Waals surface area contributed by atoms with Crippen LogP contribution in [0.5, 0.6) is 0 Å². The van der Waals surface area contributed by atoms with Crippen molar-refractivity contribution in [3.05, 3.63) is 53.6 Å². The van der Waals surface area contributed by atoms with Gasteiger partial charge in [-0.25, -0.2) is 4.98 Å². The van der Waals surface area contributed by atoms with E-state index in [2.05, 4.69) is 39.1 Å². The third-order valence-corrected chi connectivity index (χ3v) is 5.25. The van der Waals surface area contributed by atoms with Crippen LogP contribution < -0.4 is 0 Å². The average Bonchev–Trinajstić information content (AvgIpc) is 3.16. The van der Waals surface area contributed by atoms with Crippen molar-refractivity contribution in [2.45, 2.75) is 31.7 Å². The summed E-state index contributed by atoms with van der Waals surface area (Å²) >= 11 is 0. The van der Waals surface area contributed by atoms with Crippen molar-refractivity contribution in [1.82, 2.24) is 19.8 Å². The molecule has 1 fully saturated rings. The normalized spacial score (nSPS) is 21.5. The molecule has 2 aliphatic heterocycles. The summed E-state index contributed by atoms with van der Waals surface area (Å²) in [6.45, 7) is 4.05. The van der Waals surface area contributed by atoms with Crippen LogP contribution in [0.3, 0.4) is 0 Å². The Hall–Kier alpha value is -2.14. The van der Waals surface area contributed by atoms with Gasteiger partial charge in [0.2, 0.25) is 5.91 Å². The number of fused-ring (bicyclic) bond motifs is 1. The van der Waals surface area contributed by atoms with Crippen LogP contribution in [0.15, 0.2) is 36.7 Å². The Bertz CT molecular complexity index is 697. The average molecular weight is 324 g/mol. The summed E-state index contributed by atoms with van der Waals surface area (Å²) in [5.41, 5.74) is 2.79. The maximum absolute atomic E-state index is 12.7. The number of carbonyl (C=O) groups excluding carboxylic acids is 1. The second kappa shape index (κ2) is 6.77. The highest BCUT2D eigenvalue weighted by Gasteiger charge is 2.27. The lowest BCUT2D eigenvalue weighted by atomic mass is 9.97. The van der Waals surface area contributed by atoms with E-state index in [1.807, 2.05) is 11.1 Å². The molecule has 1 saturated heterocycles. The monoisotopic (exact) mass is 324 g/mol. The van der Waals surface area contributed by atoms with Gasteiger partial charge >= 0.3 is 0 Å². The summed E-state index contributed by atoms with van der Waals surface area (Å²) in [5, 5.41) is 0. The molecule has 1 aromatic heterocycles. The number of hydrogen-bond acceptors (Lipinski definition) is 3. The molecule has 0 aliphatic carbocycles. The summed E-state index contributed by atoms with van der Waals surface area (Å²) in [7, 11) is 0. The molecule has 5 nitrogen and oxygen atoms in total. The van der Waals surface area contributed by atoms with E-state index in [9.17, 15) is 4.79 Å². The van der Waals surface area contributed by atoms with E-state index in [-0.39, 0.29) is 5.91 Å². The second-order valence-electron chi connectivity index (χ2n) is 6.88. The van der Waals surface area contributed by atoms with Crippen molar-refractivity contribution in [3.63, 3.8) is 0 Å². The van der Waals surface area contributed by atoms with Gasteiger partial charge in [-0.2, -0.15) is 0 Å². The van der Waals surface area contributed by atoms with Gasteiger partial charge in [-0.05, 0) is 30.4 Å². The van der Waals surface area contributed by atoms with Crippen LogP contribution in [-0.4, -0.2) is 51.9 Å². The highest BCUT2D eigenvalue weighted by atomic mass is 16.2. The number of aromatic amines is 1. The number of aromatic nitrogens is 2. The first kappa shape index (κ1) is 15.4. The molecule has 1 amide bonds. The molecule has 1 atom stereocenters. The number of hydrogen-bond donors (Lipinski definition) is 1. The van der Waals surface area contributed by atoms with E-state index in [0.29, 0.717) is 12.5 Å². The molecule has 0 radical (unpaired) electrons. The van der Waals surface area contributed by atoms with Crippen LogP contribution in [0.2, 0.25) is 0 Å². The Morgan fingerprint density at radius 1 is 1.25 bits per heavy atom. The second-order valence-corrected chi connectivity index (χ2v) is 6.88. The summed E-state index contributed by atoms with van der Waals surface area (Å²) in [6, 6.07) is 8.57. The largest absolute Gasteiger partial charge is 0.348 e. The van der Waals surface area contributed by atoms with Gasteiger partial charge in [-0.3, -0.25) is 9.69 Å². The molecule has 5 heteroatoms. The zero-order valence-corrected chi connectivity index (χ0v) is 13.9. The number of nitrogens with one attached hydrogen (secondary N) is 1. The number of carbonyl (C=O) groups is 1. The molecular weight excluding hydrogens is 300 g/mol. The van der Waals surface area contributed by atoms with Gasteiger partial charge in [0, 0.05) is 44.5 Å². The van der Waals surface area contributed by atoms with Crippen molar-refractivity contribution < 1.29 is 4.79 Å². The Morgan fingerprint density at radius 2 is 2.12 bits per heavy atom. The molecule has 1 unspecified atom stereocenters. The van der Waals surface area contributed by atoms with Crippen molar-refractivity contribution >= 4 is 5.91 Å². The molecule has 2 aliphatic rings. The molecule has 4 rings (SSSR count). The van der Waals surface area contributed by atoms with Crippen LogP contribution in [0.4, 0.5) is 0 Å². The van der Waals surface area contributed by atoms with Crippen molar-refractivity contribution in [1.29, 1.82) is 0 Å². The number of likely N-dealkylation sites (tertiary alicyclic amines) is 1. The topological polar surface area (TPSA) is 52.2 Å². The van der Waals surface area contributed by atoms with Crippen LogP contribution in [0.1, 0.15) is 35.7 Å². The van der Waals surface area contributed by atoms with Crippen LogP contribution in [-0.2, 0) is 17.8 Å². The zero-order valence-electron chi connectivity index (χ0n) is 13.9. The number of nitrogens with zero attached hydrogens (tertiary/aromatic N) is 3. The fraction of sp³-hybridized carbons (Fsp3) is 0.474. The van der Waals surface area contributed by atoms with E-state index in [4.69, 9.17) is 0 Å². The standard InChI is InChI=1S/C19H24N4O/c24-18(14-22-11-7-15-4-1-2-5-16(15)12-22)23-10-3-6-17(13-23)19-20-8-9-21-19/h1-2,4-5,8-9,17H,3,6-7,10-14H2,(H,20,21). The Kier molecular flexibility index (Phi) is 4.34. The first-order chi connectivity index (χ1) is 11.8. The quantitative estimate of drug-likeness (QED) is 0.941. The number of piperidine rings is 1. The zero-order chi connectivity index (χ0) is 16.4. The number of imidazole rings is 1.